The summed E-state index contributed by atoms with van der Waals surface area (Å²) in [6.45, 7) is 0. The number of thioether (sulfide) groups is 1. The number of carbonyl (C=O) groups is 2. The summed E-state index contributed by atoms with van der Waals surface area (Å²) in [5, 5.41) is 26.6. The van der Waals surface area contributed by atoms with Gasteiger partial charge in [0.2, 0.25) is 0 Å². The van der Waals surface area contributed by atoms with E-state index in [1.54, 1.807) is 17.5 Å². The Bertz CT molecular complexity index is 1300. The zero-order chi connectivity index (χ0) is 27.1. The van der Waals surface area contributed by atoms with Gasteiger partial charge in [-0.3, -0.25) is 10.1 Å². The number of halogens is 1. The summed E-state index contributed by atoms with van der Waals surface area (Å²) >= 11 is 5.87. The van der Waals surface area contributed by atoms with Crippen LogP contribution in [0, 0.1) is 10.1 Å². The first-order chi connectivity index (χ1) is 17.7. The number of aromatic hydroxyl groups is 1. The molecule has 11 nitrogen and oxygen atoms in total. The van der Waals surface area contributed by atoms with Gasteiger partial charge in [0, 0.05) is 46.2 Å². The summed E-state index contributed by atoms with van der Waals surface area (Å²) in [6.07, 6.45) is 0. The third-order valence-corrected chi connectivity index (χ3v) is 7.74. The fourth-order valence-corrected chi connectivity index (χ4v) is 5.75. The summed E-state index contributed by atoms with van der Waals surface area (Å²) in [4.78, 5) is 39.7. The van der Waals surface area contributed by atoms with E-state index >= 15 is 0 Å². The summed E-state index contributed by atoms with van der Waals surface area (Å²) in [5.41, 5.74) is 1.71. The van der Waals surface area contributed by atoms with Crippen molar-refractivity contribution >= 4 is 61.8 Å². The molecule has 14 heteroatoms. The molecule has 2 N–H and O–H groups in total. The molecule has 0 amide bonds. The average molecular weight is 612 g/mol. The standard InChI is InChI=1S/C23H22BrN3O8S2/c1-33-18-8-17(28)14(19(20(18)24)22(30)35-3)9-36-10-16(21(29)34-2)26-23-25-15(11-37-23)12-4-6-13(7-5-12)27(31)32/h4-8,11,16,28H,9-10H2,1-3H3,(H,25,26)/t16-/m0/s1. The highest BCUT2D eigenvalue weighted by Crippen LogP contribution is 2.39. The third kappa shape index (κ3) is 6.70. The number of thiazole rings is 1. The van der Waals surface area contributed by atoms with Crippen LogP contribution in [0.15, 0.2) is 40.2 Å². The first-order valence-electron chi connectivity index (χ1n) is 10.5. The van der Waals surface area contributed by atoms with Gasteiger partial charge in [0.25, 0.3) is 5.69 Å². The lowest BCUT2D eigenvalue weighted by molar-refractivity contribution is -0.384. The van der Waals surface area contributed by atoms with E-state index in [9.17, 15) is 24.8 Å². The lowest BCUT2D eigenvalue weighted by atomic mass is 10.1. The Labute approximate surface area is 228 Å². The topological polar surface area (TPSA) is 150 Å². The van der Waals surface area contributed by atoms with Crippen molar-refractivity contribution in [1.29, 1.82) is 0 Å². The van der Waals surface area contributed by atoms with Crippen molar-refractivity contribution < 1.29 is 33.8 Å². The zero-order valence-electron chi connectivity index (χ0n) is 19.8. The summed E-state index contributed by atoms with van der Waals surface area (Å²) in [6, 6.07) is 6.59. The zero-order valence-corrected chi connectivity index (χ0v) is 23.1. The van der Waals surface area contributed by atoms with E-state index in [-0.39, 0.29) is 34.3 Å². The molecule has 0 aliphatic heterocycles. The molecule has 196 valence electrons. The van der Waals surface area contributed by atoms with E-state index in [0.29, 0.717) is 26.4 Å². The smallest absolute Gasteiger partial charge is 0.339 e. The van der Waals surface area contributed by atoms with E-state index < -0.39 is 22.9 Å². The van der Waals surface area contributed by atoms with Gasteiger partial charge >= 0.3 is 11.9 Å². The second-order valence-electron chi connectivity index (χ2n) is 7.33. The Morgan fingerprint density at radius 3 is 2.54 bits per heavy atom. The SMILES string of the molecule is COC(=O)c1c(Br)c(OC)cc(O)c1CSC[C@H](Nc1nc(-c2ccc([N+](=O)[O-])cc2)cs1)C(=O)OC. The predicted octanol–water partition coefficient (Wildman–Crippen LogP) is 4.87. The first kappa shape index (κ1) is 28.2. The van der Waals surface area contributed by atoms with Crippen molar-refractivity contribution in [2.45, 2.75) is 11.8 Å². The van der Waals surface area contributed by atoms with Gasteiger partial charge in [-0.15, -0.1) is 11.3 Å². The Hall–Kier alpha value is -3.36. The highest BCUT2D eigenvalue weighted by Gasteiger charge is 2.25. The van der Waals surface area contributed by atoms with Crippen molar-refractivity contribution in [3.8, 4) is 22.8 Å². The molecule has 3 rings (SSSR count). The normalized spacial score (nSPS) is 11.5. The number of phenolic OH excluding ortho intramolecular Hbond substituents is 1. The number of methoxy groups -OCH3 is 3. The van der Waals surface area contributed by atoms with Crippen LogP contribution in [0.4, 0.5) is 10.8 Å². The third-order valence-electron chi connectivity index (χ3n) is 5.12. The molecule has 3 aromatic rings. The number of hydrogen-bond donors (Lipinski definition) is 2. The van der Waals surface area contributed by atoms with Crippen molar-refractivity contribution in [2.24, 2.45) is 0 Å². The van der Waals surface area contributed by atoms with E-state index in [1.807, 2.05) is 0 Å². The maximum Gasteiger partial charge on any atom is 0.339 e. The van der Waals surface area contributed by atoms with Gasteiger partial charge in [0.05, 0.1) is 42.0 Å². The Morgan fingerprint density at radius 2 is 1.95 bits per heavy atom. The molecule has 2 aromatic carbocycles. The average Bonchev–Trinajstić information content (AvgIpc) is 3.37. The number of nitro benzene ring substituents is 1. The number of phenols is 1. The van der Waals surface area contributed by atoms with Gasteiger partial charge in [-0.1, -0.05) is 0 Å². The van der Waals surface area contributed by atoms with E-state index in [2.05, 4.69) is 26.2 Å². The second kappa shape index (κ2) is 12.7. The van der Waals surface area contributed by atoms with E-state index in [1.165, 1.54) is 62.6 Å². The van der Waals surface area contributed by atoms with Crippen LogP contribution in [0.25, 0.3) is 11.3 Å². The maximum absolute atomic E-state index is 12.4. The molecule has 0 aliphatic carbocycles. The number of non-ortho nitro benzene ring substituents is 1. The van der Waals surface area contributed by atoms with E-state index in [0.717, 1.165) is 0 Å². The minimum Gasteiger partial charge on any atom is -0.507 e. The number of ether oxygens (including phenoxy) is 3. The molecular formula is C23H22BrN3O8S2. The fraction of sp³-hybridized carbons (Fsp3) is 0.261. The highest BCUT2D eigenvalue weighted by atomic mass is 79.9. The largest absolute Gasteiger partial charge is 0.507 e. The summed E-state index contributed by atoms with van der Waals surface area (Å²) < 4.78 is 15.3. The molecule has 0 saturated heterocycles. The lowest BCUT2D eigenvalue weighted by Crippen LogP contribution is -2.33. The predicted molar refractivity (Wildman–Crippen MR) is 143 cm³/mol. The second-order valence-corrected chi connectivity index (χ2v) is 10.0. The molecular weight excluding hydrogens is 590 g/mol. The van der Waals surface area contributed by atoms with Crippen LogP contribution in [0.2, 0.25) is 0 Å². The molecule has 1 aromatic heterocycles. The van der Waals surface area contributed by atoms with Crippen LogP contribution in [0.5, 0.6) is 11.5 Å². The molecule has 0 aliphatic rings. The molecule has 1 atom stereocenters. The number of aromatic nitrogens is 1. The van der Waals surface area contributed by atoms with Crippen LogP contribution >= 0.6 is 39.0 Å². The van der Waals surface area contributed by atoms with Crippen LogP contribution in [0.3, 0.4) is 0 Å². The minimum atomic E-state index is -0.781. The maximum atomic E-state index is 12.4. The van der Waals surface area contributed by atoms with Crippen molar-refractivity contribution in [2.75, 3.05) is 32.4 Å². The van der Waals surface area contributed by atoms with Crippen LogP contribution in [-0.4, -0.2) is 60.1 Å². The van der Waals surface area contributed by atoms with Gasteiger partial charge in [0.1, 0.15) is 17.5 Å². The van der Waals surface area contributed by atoms with Gasteiger partial charge in [-0.05, 0) is 28.1 Å². The molecule has 37 heavy (non-hydrogen) atoms. The molecule has 0 fully saturated rings. The Kier molecular flexibility index (Phi) is 9.72. The van der Waals surface area contributed by atoms with Crippen LogP contribution in [-0.2, 0) is 20.0 Å². The Balaban J connectivity index is 1.74. The number of anilines is 1. The summed E-state index contributed by atoms with van der Waals surface area (Å²) in [7, 11) is 3.92. The molecule has 0 unspecified atom stereocenters. The number of nitro groups is 1. The molecule has 0 radical (unpaired) electrons. The van der Waals surface area contributed by atoms with Crippen molar-refractivity contribution in [3.05, 3.63) is 61.4 Å². The Morgan fingerprint density at radius 1 is 1.24 bits per heavy atom. The molecule has 0 bridgehead atoms. The van der Waals surface area contributed by atoms with Gasteiger partial charge in [-0.25, -0.2) is 14.6 Å². The minimum absolute atomic E-state index is 0.0228. The van der Waals surface area contributed by atoms with Crippen molar-refractivity contribution in [3.63, 3.8) is 0 Å². The number of hydrogen-bond acceptors (Lipinski definition) is 12. The first-order valence-corrected chi connectivity index (χ1v) is 13.3. The molecule has 0 saturated carbocycles. The number of carbonyl (C=O) groups excluding carboxylic acids is 2. The summed E-state index contributed by atoms with van der Waals surface area (Å²) in [5.74, 6) is -0.645. The molecule has 0 spiro atoms. The van der Waals surface area contributed by atoms with Gasteiger partial charge in [-0.2, -0.15) is 11.8 Å². The fourth-order valence-electron chi connectivity index (χ4n) is 3.23. The monoisotopic (exact) mass is 611 g/mol. The van der Waals surface area contributed by atoms with E-state index in [4.69, 9.17) is 14.2 Å². The van der Waals surface area contributed by atoms with Crippen LogP contribution in [0.1, 0.15) is 15.9 Å². The number of nitrogens with zero attached hydrogens (tertiary/aromatic N) is 2. The van der Waals surface area contributed by atoms with Gasteiger partial charge < -0.3 is 24.6 Å². The van der Waals surface area contributed by atoms with Crippen molar-refractivity contribution in [1.82, 2.24) is 4.98 Å². The van der Waals surface area contributed by atoms with Gasteiger partial charge in [0.15, 0.2) is 5.13 Å². The number of nitrogens with one attached hydrogen (secondary N) is 1. The molecule has 1 heterocycles. The van der Waals surface area contributed by atoms with Crippen LogP contribution < -0.4 is 10.1 Å². The lowest BCUT2D eigenvalue weighted by Gasteiger charge is -2.17. The number of benzene rings is 2. The number of rotatable bonds is 11. The number of esters is 2. The highest BCUT2D eigenvalue weighted by molar-refractivity contribution is 9.10. The quantitative estimate of drug-likeness (QED) is 0.173.